The first kappa shape index (κ1) is 12.6. The maximum atomic E-state index is 5.94. The van der Waals surface area contributed by atoms with Gasteiger partial charge in [-0.15, -0.1) is 0 Å². The first-order chi connectivity index (χ1) is 6.90. The molecule has 0 fully saturated rings. The van der Waals surface area contributed by atoms with E-state index < -0.39 is 0 Å². The molecule has 0 heterocycles. The van der Waals surface area contributed by atoms with E-state index in [0.717, 1.165) is 6.42 Å². The zero-order valence-corrected chi connectivity index (χ0v) is 10.4. The highest BCUT2D eigenvalue weighted by Gasteiger charge is 2.12. The summed E-state index contributed by atoms with van der Waals surface area (Å²) >= 11 is 11.9. The Kier molecular flexibility index (Phi) is 4.26. The molecule has 0 saturated heterocycles. The van der Waals surface area contributed by atoms with Crippen molar-refractivity contribution < 1.29 is 4.74 Å². The molecule has 0 atom stereocenters. The van der Waals surface area contributed by atoms with Crippen LogP contribution in [0.5, 0.6) is 5.75 Å². The van der Waals surface area contributed by atoms with E-state index in [4.69, 9.17) is 33.7 Å². The lowest BCUT2D eigenvalue weighted by Gasteiger charge is -2.18. The van der Waals surface area contributed by atoms with E-state index in [2.05, 4.69) is 0 Å². The van der Waals surface area contributed by atoms with Crippen molar-refractivity contribution >= 4 is 23.2 Å². The van der Waals surface area contributed by atoms with Crippen LogP contribution in [0.1, 0.15) is 20.3 Å². The van der Waals surface area contributed by atoms with Crippen molar-refractivity contribution in [1.29, 1.82) is 0 Å². The molecule has 0 radical (unpaired) electrons. The molecule has 0 aliphatic rings. The van der Waals surface area contributed by atoms with E-state index in [1.807, 2.05) is 13.8 Å². The van der Waals surface area contributed by atoms with Crippen LogP contribution in [0.3, 0.4) is 0 Å². The van der Waals surface area contributed by atoms with E-state index in [-0.39, 0.29) is 5.54 Å². The average Bonchev–Trinajstić information content (AvgIpc) is 2.08. The number of halogens is 2. The molecular formula is C11H15Cl2NO. The van der Waals surface area contributed by atoms with Gasteiger partial charge in [-0.05, 0) is 32.4 Å². The van der Waals surface area contributed by atoms with Gasteiger partial charge in [-0.1, -0.05) is 29.3 Å². The third-order valence-electron chi connectivity index (χ3n) is 1.91. The molecular weight excluding hydrogens is 233 g/mol. The molecule has 0 aliphatic carbocycles. The Morgan fingerprint density at radius 1 is 1.27 bits per heavy atom. The van der Waals surface area contributed by atoms with Crippen molar-refractivity contribution in [2.24, 2.45) is 5.73 Å². The SMILES string of the molecule is CC(C)(N)CCOc1c(Cl)cccc1Cl. The average molecular weight is 248 g/mol. The summed E-state index contributed by atoms with van der Waals surface area (Å²) in [6.45, 7) is 4.40. The normalized spacial score (nSPS) is 11.5. The quantitative estimate of drug-likeness (QED) is 0.884. The zero-order chi connectivity index (χ0) is 11.5. The minimum absolute atomic E-state index is 0.242. The number of hydrogen-bond acceptors (Lipinski definition) is 2. The van der Waals surface area contributed by atoms with Gasteiger partial charge in [0.15, 0.2) is 5.75 Å². The van der Waals surface area contributed by atoms with Crippen LogP contribution in [0.15, 0.2) is 18.2 Å². The number of nitrogens with two attached hydrogens (primary N) is 1. The lowest BCUT2D eigenvalue weighted by atomic mass is 10.0. The van der Waals surface area contributed by atoms with Crippen LogP contribution in [0.4, 0.5) is 0 Å². The Hall–Kier alpha value is -0.440. The van der Waals surface area contributed by atoms with Crippen molar-refractivity contribution in [3.63, 3.8) is 0 Å². The number of rotatable bonds is 4. The van der Waals surface area contributed by atoms with Crippen LogP contribution >= 0.6 is 23.2 Å². The molecule has 0 aliphatic heterocycles. The second kappa shape index (κ2) is 5.06. The summed E-state index contributed by atoms with van der Waals surface area (Å²) in [5, 5.41) is 1.05. The van der Waals surface area contributed by atoms with E-state index in [1.54, 1.807) is 18.2 Å². The molecule has 4 heteroatoms. The molecule has 0 aromatic heterocycles. The van der Waals surface area contributed by atoms with Gasteiger partial charge < -0.3 is 10.5 Å². The summed E-state index contributed by atoms with van der Waals surface area (Å²) in [6.07, 6.45) is 0.745. The van der Waals surface area contributed by atoms with E-state index in [9.17, 15) is 0 Å². The van der Waals surface area contributed by atoms with Gasteiger partial charge in [0.2, 0.25) is 0 Å². The standard InChI is InChI=1S/C11H15Cl2NO/c1-11(2,14)6-7-15-10-8(12)4-3-5-9(10)13/h3-5H,6-7,14H2,1-2H3. The van der Waals surface area contributed by atoms with Crippen molar-refractivity contribution in [2.45, 2.75) is 25.8 Å². The van der Waals surface area contributed by atoms with Crippen LogP contribution in [-0.2, 0) is 0 Å². The van der Waals surface area contributed by atoms with Crippen LogP contribution in [0.2, 0.25) is 10.0 Å². The minimum Gasteiger partial charge on any atom is -0.490 e. The predicted octanol–water partition coefficient (Wildman–Crippen LogP) is 3.50. The molecule has 0 bridgehead atoms. The van der Waals surface area contributed by atoms with Crippen molar-refractivity contribution in [2.75, 3.05) is 6.61 Å². The fraction of sp³-hybridized carbons (Fsp3) is 0.455. The van der Waals surface area contributed by atoms with Crippen molar-refractivity contribution in [3.8, 4) is 5.75 Å². The molecule has 1 aromatic rings. The monoisotopic (exact) mass is 247 g/mol. The number of para-hydroxylation sites is 1. The van der Waals surface area contributed by atoms with Gasteiger partial charge >= 0.3 is 0 Å². The molecule has 2 N–H and O–H groups in total. The molecule has 0 amide bonds. The highest BCUT2D eigenvalue weighted by molar-refractivity contribution is 6.37. The number of ether oxygens (including phenoxy) is 1. The third kappa shape index (κ3) is 4.29. The van der Waals surface area contributed by atoms with Crippen molar-refractivity contribution in [3.05, 3.63) is 28.2 Å². The second-order valence-electron chi connectivity index (χ2n) is 4.14. The summed E-state index contributed by atoms with van der Waals surface area (Å²) < 4.78 is 5.50. The maximum absolute atomic E-state index is 5.94. The third-order valence-corrected chi connectivity index (χ3v) is 2.51. The van der Waals surface area contributed by atoms with Crippen molar-refractivity contribution in [1.82, 2.24) is 0 Å². The van der Waals surface area contributed by atoms with Gasteiger partial charge in [-0.2, -0.15) is 0 Å². The summed E-state index contributed by atoms with van der Waals surface area (Å²) in [5.41, 5.74) is 5.59. The Bertz CT molecular complexity index is 314. The highest BCUT2D eigenvalue weighted by Crippen LogP contribution is 2.32. The summed E-state index contributed by atoms with van der Waals surface area (Å²) in [4.78, 5) is 0. The predicted molar refractivity (Wildman–Crippen MR) is 64.8 cm³/mol. The maximum Gasteiger partial charge on any atom is 0.156 e. The first-order valence-electron chi connectivity index (χ1n) is 4.76. The van der Waals surface area contributed by atoms with Crippen LogP contribution < -0.4 is 10.5 Å². The topological polar surface area (TPSA) is 35.2 Å². The Morgan fingerprint density at radius 3 is 2.27 bits per heavy atom. The van der Waals surface area contributed by atoms with E-state index in [0.29, 0.717) is 22.4 Å². The van der Waals surface area contributed by atoms with Gasteiger partial charge in [-0.25, -0.2) is 0 Å². The lowest BCUT2D eigenvalue weighted by molar-refractivity contribution is 0.274. The van der Waals surface area contributed by atoms with Gasteiger partial charge in [0.05, 0.1) is 16.7 Å². The van der Waals surface area contributed by atoms with Crippen LogP contribution in [0.25, 0.3) is 0 Å². The Balaban J connectivity index is 2.58. The van der Waals surface area contributed by atoms with E-state index >= 15 is 0 Å². The second-order valence-corrected chi connectivity index (χ2v) is 4.95. The molecule has 1 aromatic carbocycles. The van der Waals surface area contributed by atoms with Gasteiger partial charge in [0, 0.05) is 5.54 Å². The van der Waals surface area contributed by atoms with Crippen LogP contribution in [-0.4, -0.2) is 12.1 Å². The minimum atomic E-state index is -0.242. The molecule has 2 nitrogen and oxygen atoms in total. The highest BCUT2D eigenvalue weighted by atomic mass is 35.5. The zero-order valence-electron chi connectivity index (χ0n) is 8.89. The number of hydrogen-bond donors (Lipinski definition) is 1. The molecule has 84 valence electrons. The summed E-state index contributed by atoms with van der Waals surface area (Å²) in [6, 6.07) is 5.27. The molecule has 1 rings (SSSR count). The fourth-order valence-electron chi connectivity index (χ4n) is 1.04. The molecule has 0 unspecified atom stereocenters. The first-order valence-corrected chi connectivity index (χ1v) is 5.51. The summed E-state index contributed by atoms with van der Waals surface area (Å²) in [7, 11) is 0. The van der Waals surface area contributed by atoms with Crippen LogP contribution in [0, 0.1) is 0 Å². The van der Waals surface area contributed by atoms with Gasteiger partial charge in [-0.3, -0.25) is 0 Å². The number of benzene rings is 1. The van der Waals surface area contributed by atoms with Gasteiger partial charge in [0.1, 0.15) is 0 Å². The molecule has 15 heavy (non-hydrogen) atoms. The van der Waals surface area contributed by atoms with Gasteiger partial charge in [0.25, 0.3) is 0 Å². The molecule has 0 spiro atoms. The fourth-order valence-corrected chi connectivity index (χ4v) is 1.54. The molecule has 0 saturated carbocycles. The Labute approximate surface area is 100 Å². The lowest BCUT2D eigenvalue weighted by Crippen LogP contribution is -2.33. The summed E-state index contributed by atoms with van der Waals surface area (Å²) in [5.74, 6) is 0.532. The largest absolute Gasteiger partial charge is 0.490 e. The Morgan fingerprint density at radius 2 is 1.80 bits per heavy atom. The smallest absolute Gasteiger partial charge is 0.156 e. The van der Waals surface area contributed by atoms with E-state index in [1.165, 1.54) is 0 Å².